The molecule has 0 heterocycles. The minimum absolute atomic E-state index is 0.0333. The Morgan fingerprint density at radius 3 is 2.08 bits per heavy atom. The van der Waals surface area contributed by atoms with Gasteiger partial charge in [-0.15, -0.1) is 24.9 Å². The summed E-state index contributed by atoms with van der Waals surface area (Å²) in [5.41, 5.74) is 4.10. The molecule has 0 aliphatic heterocycles. The molecular weight excluding hydrogens is 535 g/mol. The lowest BCUT2D eigenvalue weighted by Crippen LogP contribution is -2.28. The highest BCUT2D eigenvalue weighted by Gasteiger charge is 2.31. The van der Waals surface area contributed by atoms with Crippen LogP contribution in [0.1, 0.15) is 92.6 Å². The number of rotatable bonds is 11. The maximum atomic E-state index is 12.5. The Morgan fingerprint density at radius 1 is 1.10 bits per heavy atom. The molecule has 2 rings (SSSR count). The second kappa shape index (κ2) is 20.5. The van der Waals surface area contributed by atoms with Gasteiger partial charge in [-0.25, -0.2) is 0 Å². The third-order valence-electron chi connectivity index (χ3n) is 6.09. The number of hydrogen-bond acceptors (Lipinski definition) is 5. The average molecular weight is 584 g/mol. The molecule has 0 atom stereocenters. The van der Waals surface area contributed by atoms with Crippen LogP contribution in [0.2, 0.25) is 0 Å². The Bertz CT molecular complexity index is 990. The Morgan fingerprint density at radius 2 is 1.68 bits per heavy atom. The fourth-order valence-electron chi connectivity index (χ4n) is 3.89. The number of thioether (sulfide) groups is 1. The topological polar surface area (TPSA) is 58.9 Å². The number of carbonyl (C=O) groups is 1. The largest absolute Gasteiger partial charge is 0.573 e. The van der Waals surface area contributed by atoms with E-state index in [1.165, 1.54) is 62.6 Å². The third-order valence-corrected chi connectivity index (χ3v) is 6.88. The quantitative estimate of drug-likeness (QED) is 0.160. The molecule has 0 aromatic heterocycles. The lowest BCUT2D eigenvalue weighted by atomic mass is 9.71. The summed E-state index contributed by atoms with van der Waals surface area (Å²) in [6, 6.07) is 6.08. The van der Waals surface area contributed by atoms with Crippen LogP contribution in [0.5, 0.6) is 5.75 Å². The number of aliphatic hydroxyl groups is 1. The summed E-state index contributed by atoms with van der Waals surface area (Å²) < 4.78 is 41.4. The van der Waals surface area contributed by atoms with Crippen molar-refractivity contribution in [2.45, 2.75) is 93.4 Å². The van der Waals surface area contributed by atoms with Crippen LogP contribution < -0.4 is 4.74 Å². The van der Waals surface area contributed by atoms with E-state index in [1.807, 2.05) is 13.2 Å². The zero-order valence-corrected chi connectivity index (χ0v) is 26.2. The number of aliphatic imine (C=N–C) groups is 1. The molecule has 1 aliphatic carbocycles. The van der Waals surface area contributed by atoms with Gasteiger partial charge in [0.1, 0.15) is 5.75 Å². The van der Waals surface area contributed by atoms with Crippen molar-refractivity contribution >= 4 is 28.8 Å². The van der Waals surface area contributed by atoms with Gasteiger partial charge in [0.25, 0.3) is 0 Å². The smallest absolute Gasteiger partial charge is 0.406 e. The number of hydrogen-bond donors (Lipinski definition) is 1. The monoisotopic (exact) mass is 583 g/mol. The third kappa shape index (κ3) is 15.5. The van der Waals surface area contributed by atoms with Crippen LogP contribution in [0, 0.1) is 11.8 Å². The van der Waals surface area contributed by atoms with Gasteiger partial charge in [0.05, 0.1) is 11.6 Å². The zero-order valence-electron chi connectivity index (χ0n) is 25.4. The summed E-state index contributed by atoms with van der Waals surface area (Å²) >= 11 is 1.61. The number of nitrogens with zero attached hydrogens (tertiary/aromatic N) is 1. The first kappa shape index (κ1) is 37.7. The SMILES string of the molecule is CC(=O)/C=C/CO.CCC.CCC/C=C(/C(C)=C(\N=C(/C)C1CC(CC)C1)SC)c1ccc(OC(F)(F)F)cc1. The molecule has 0 spiro atoms. The molecule has 0 unspecified atom stereocenters. The van der Waals surface area contributed by atoms with Crippen molar-refractivity contribution in [1.82, 2.24) is 0 Å². The van der Waals surface area contributed by atoms with Gasteiger partial charge >= 0.3 is 6.36 Å². The van der Waals surface area contributed by atoms with Crippen molar-refractivity contribution in [3.05, 3.63) is 58.7 Å². The standard InChI is InChI=1S/C24H32F3NOS.C5H8O2.C3H8/c1-6-8-9-22(19-10-12-21(13-11-19)29-24(25,26)27)16(3)23(30-5)28-17(4)20-14-18(7-2)15-20;1-5(7)3-2-4-6;1-3-2/h9-13,18,20H,6-8,14-15H2,1-5H3;2-3,6H,4H2,1H3;3H2,1-2H3/b22-9-,23-16+,28-17+;3-2+;. The Kier molecular flexibility index (Phi) is 19.3. The van der Waals surface area contributed by atoms with Crippen LogP contribution in [0.4, 0.5) is 13.2 Å². The van der Waals surface area contributed by atoms with E-state index in [4.69, 9.17) is 10.1 Å². The Hall–Kier alpha value is -2.32. The van der Waals surface area contributed by atoms with Gasteiger partial charge in [-0.2, -0.15) is 0 Å². The lowest BCUT2D eigenvalue weighted by Gasteiger charge is -2.34. The number of unbranched alkanes of at least 4 members (excludes halogenated alkanes) is 1. The van der Waals surface area contributed by atoms with Crippen molar-refractivity contribution in [2.75, 3.05) is 12.9 Å². The minimum Gasteiger partial charge on any atom is -0.406 e. The predicted molar refractivity (Wildman–Crippen MR) is 165 cm³/mol. The number of aliphatic hydroxyl groups excluding tert-OH is 1. The molecule has 1 aromatic carbocycles. The summed E-state index contributed by atoms with van der Waals surface area (Å²) in [7, 11) is 0. The van der Waals surface area contributed by atoms with Gasteiger partial charge in [0, 0.05) is 5.71 Å². The lowest BCUT2D eigenvalue weighted by molar-refractivity contribution is -0.274. The van der Waals surface area contributed by atoms with Gasteiger partial charge in [0.15, 0.2) is 5.78 Å². The van der Waals surface area contributed by atoms with E-state index in [-0.39, 0.29) is 18.1 Å². The second-order valence-electron chi connectivity index (χ2n) is 9.71. The minimum atomic E-state index is -4.69. The van der Waals surface area contributed by atoms with E-state index >= 15 is 0 Å². The van der Waals surface area contributed by atoms with Crippen molar-refractivity contribution in [1.29, 1.82) is 0 Å². The first-order valence-corrected chi connectivity index (χ1v) is 15.2. The van der Waals surface area contributed by atoms with Crippen molar-refractivity contribution in [3.63, 3.8) is 0 Å². The fourth-order valence-corrected chi connectivity index (χ4v) is 4.54. The highest BCUT2D eigenvalue weighted by Crippen LogP contribution is 2.38. The molecule has 0 saturated heterocycles. The van der Waals surface area contributed by atoms with Gasteiger partial charge in [-0.1, -0.05) is 71.2 Å². The maximum absolute atomic E-state index is 12.5. The Balaban J connectivity index is 0.00000130. The van der Waals surface area contributed by atoms with E-state index in [1.54, 1.807) is 23.9 Å². The molecule has 40 heavy (non-hydrogen) atoms. The Labute approximate surface area is 243 Å². The molecule has 4 nitrogen and oxygen atoms in total. The van der Waals surface area contributed by atoms with Crippen LogP contribution in [0.15, 0.2) is 58.1 Å². The number of ether oxygens (including phenoxy) is 1. The van der Waals surface area contributed by atoms with Gasteiger partial charge in [-0.05, 0) is 93.0 Å². The van der Waals surface area contributed by atoms with Crippen LogP contribution in [0.25, 0.3) is 5.57 Å². The number of benzene rings is 1. The number of alkyl halides is 3. The summed E-state index contributed by atoms with van der Waals surface area (Å²) in [5.74, 6) is 1.14. The van der Waals surface area contributed by atoms with Crippen LogP contribution in [-0.4, -0.2) is 35.8 Å². The van der Waals surface area contributed by atoms with Crippen LogP contribution in [0.3, 0.4) is 0 Å². The van der Waals surface area contributed by atoms with E-state index in [0.29, 0.717) is 5.92 Å². The van der Waals surface area contributed by atoms with E-state index in [0.717, 1.165) is 40.5 Å². The molecule has 1 aliphatic rings. The molecule has 0 radical (unpaired) electrons. The number of carbonyl (C=O) groups excluding carboxylic acids is 1. The normalized spacial score (nSPS) is 18.1. The van der Waals surface area contributed by atoms with Crippen LogP contribution >= 0.6 is 11.8 Å². The highest BCUT2D eigenvalue weighted by molar-refractivity contribution is 8.02. The van der Waals surface area contributed by atoms with Crippen LogP contribution in [-0.2, 0) is 4.79 Å². The first-order valence-electron chi connectivity index (χ1n) is 14.0. The molecule has 1 fully saturated rings. The molecule has 226 valence electrons. The van der Waals surface area contributed by atoms with E-state index in [2.05, 4.69) is 45.4 Å². The second-order valence-corrected chi connectivity index (χ2v) is 10.5. The molecule has 1 N–H and O–H groups in total. The highest BCUT2D eigenvalue weighted by atomic mass is 32.2. The molecule has 0 amide bonds. The fraction of sp³-hybridized carbons (Fsp3) is 0.562. The van der Waals surface area contributed by atoms with E-state index < -0.39 is 6.36 Å². The molecule has 1 aromatic rings. The van der Waals surface area contributed by atoms with Crippen molar-refractivity contribution in [3.8, 4) is 5.75 Å². The first-order chi connectivity index (χ1) is 18.9. The predicted octanol–water partition coefficient (Wildman–Crippen LogP) is 9.80. The number of allylic oxidation sites excluding steroid dienone is 4. The zero-order chi connectivity index (χ0) is 30.7. The maximum Gasteiger partial charge on any atom is 0.573 e. The summed E-state index contributed by atoms with van der Waals surface area (Å²) in [6.07, 6.45) is 9.00. The number of ketones is 1. The van der Waals surface area contributed by atoms with Gasteiger partial charge in [0.2, 0.25) is 0 Å². The van der Waals surface area contributed by atoms with Gasteiger partial charge < -0.3 is 9.84 Å². The van der Waals surface area contributed by atoms with E-state index in [9.17, 15) is 18.0 Å². The average Bonchev–Trinajstić information content (AvgIpc) is 2.86. The molecule has 8 heteroatoms. The summed E-state index contributed by atoms with van der Waals surface area (Å²) in [5, 5.41) is 9.04. The molecule has 1 saturated carbocycles. The molecular formula is C32H48F3NO3S. The van der Waals surface area contributed by atoms with Crippen molar-refractivity contribution in [2.24, 2.45) is 16.8 Å². The van der Waals surface area contributed by atoms with Crippen molar-refractivity contribution < 1.29 is 27.8 Å². The number of halogens is 3. The summed E-state index contributed by atoms with van der Waals surface area (Å²) in [6.45, 7) is 14.1. The molecule has 0 bridgehead atoms. The van der Waals surface area contributed by atoms with Gasteiger partial charge in [-0.3, -0.25) is 9.79 Å². The summed E-state index contributed by atoms with van der Waals surface area (Å²) in [4.78, 5) is 15.0.